The van der Waals surface area contributed by atoms with Gasteiger partial charge in [0.1, 0.15) is 5.78 Å². The van der Waals surface area contributed by atoms with Crippen molar-refractivity contribution in [3.8, 4) is 0 Å². The summed E-state index contributed by atoms with van der Waals surface area (Å²) in [6.45, 7) is 10.5. The molecule has 1 aromatic heterocycles. The summed E-state index contributed by atoms with van der Waals surface area (Å²) in [6, 6.07) is 15.0. The molecule has 0 unspecified atom stereocenters. The number of Topliss-reactive ketones (excluding diaryl/α,β-unsaturated/α-hetero) is 1. The van der Waals surface area contributed by atoms with E-state index in [0.29, 0.717) is 86.6 Å². The minimum absolute atomic E-state index is 0.00321. The number of aliphatic imine (C=N–C) groups is 1. The molecule has 3 aliphatic heterocycles. The Balaban J connectivity index is 0.856. The molecule has 1 saturated carbocycles. The highest BCUT2D eigenvalue weighted by atomic mass is 16.2. The normalized spacial score (nSPS) is 18.5. The van der Waals surface area contributed by atoms with E-state index in [1.807, 2.05) is 54.3 Å². The minimum atomic E-state index is -0.263. The predicted octanol–water partition coefficient (Wildman–Crippen LogP) is 7.23. The molecular weight excluding hydrogens is 795 g/mol. The predicted molar refractivity (Wildman–Crippen MR) is 243 cm³/mol. The van der Waals surface area contributed by atoms with Gasteiger partial charge in [-0.1, -0.05) is 32.0 Å². The van der Waals surface area contributed by atoms with Crippen LogP contribution in [0.1, 0.15) is 122 Å². The Kier molecular flexibility index (Phi) is 14.9. The molecule has 2 aromatic carbocycles. The zero-order chi connectivity index (χ0) is 44.5. The second kappa shape index (κ2) is 20.9. The highest BCUT2D eigenvalue weighted by molar-refractivity contribution is 6.13. The number of hydrogen-bond donors (Lipinski definition) is 2. The Hall–Kier alpha value is -6.08. The first-order valence-electron chi connectivity index (χ1n) is 22.6. The quantitative estimate of drug-likeness (QED) is 0.106. The highest BCUT2D eigenvalue weighted by Gasteiger charge is 2.31. The molecule has 7 rings (SSSR count). The maximum Gasteiger partial charge on any atom is 0.255 e. The largest absolute Gasteiger partial charge is 0.352 e. The maximum absolute atomic E-state index is 13.5. The van der Waals surface area contributed by atoms with Gasteiger partial charge in [-0.15, -0.1) is 0 Å². The molecule has 0 atom stereocenters. The van der Waals surface area contributed by atoms with Gasteiger partial charge >= 0.3 is 0 Å². The summed E-state index contributed by atoms with van der Waals surface area (Å²) in [5.41, 5.74) is 7.80. The molecule has 13 heteroatoms. The van der Waals surface area contributed by atoms with Crippen LogP contribution in [-0.4, -0.2) is 93.4 Å². The number of ketones is 1. The topological polar surface area (TPSA) is 161 Å². The van der Waals surface area contributed by atoms with E-state index in [0.717, 1.165) is 79.6 Å². The fourth-order valence-electron chi connectivity index (χ4n) is 9.08. The second-order valence-corrected chi connectivity index (χ2v) is 17.4. The molecule has 4 heterocycles. The van der Waals surface area contributed by atoms with Crippen molar-refractivity contribution in [2.24, 2.45) is 16.8 Å². The Morgan fingerprint density at radius 3 is 2.30 bits per heavy atom. The number of carbonyl (C=O) groups is 6. The smallest absolute Gasteiger partial charge is 0.255 e. The third-order valence-corrected chi connectivity index (χ3v) is 12.5. The molecule has 1 fully saturated rings. The van der Waals surface area contributed by atoms with Crippen LogP contribution < -0.4 is 10.6 Å². The van der Waals surface area contributed by atoms with E-state index in [1.54, 1.807) is 18.3 Å². The van der Waals surface area contributed by atoms with Crippen molar-refractivity contribution in [1.29, 1.82) is 0 Å². The first-order chi connectivity index (χ1) is 30.5. The van der Waals surface area contributed by atoms with Gasteiger partial charge in [0.25, 0.3) is 23.6 Å². The van der Waals surface area contributed by atoms with Gasteiger partial charge in [0, 0.05) is 117 Å². The molecule has 0 saturated heterocycles. The molecule has 63 heavy (non-hydrogen) atoms. The van der Waals surface area contributed by atoms with E-state index in [9.17, 15) is 28.8 Å². The van der Waals surface area contributed by atoms with E-state index >= 15 is 0 Å². The van der Waals surface area contributed by atoms with Crippen LogP contribution >= 0.6 is 0 Å². The van der Waals surface area contributed by atoms with E-state index in [2.05, 4.69) is 29.4 Å². The SMILES string of the molecule is CCCN(CCC)C(=O)C1=Cc2ccc(C(=O)Nc3cnc4c(c3)CN(Cc3ccc(C(=O)NCCCC(=O)C5CCC(CN6C(=O)C=CC6=O)CC5)cc3)CC4)cc2N=C(C)C1. The van der Waals surface area contributed by atoms with Gasteiger partial charge in [-0.25, -0.2) is 0 Å². The first kappa shape index (κ1) is 45.0. The number of fused-ring (bicyclic) bond motifs is 2. The molecule has 0 radical (unpaired) electrons. The summed E-state index contributed by atoms with van der Waals surface area (Å²) in [5.74, 6) is -0.457. The zero-order valence-corrected chi connectivity index (χ0v) is 36.8. The zero-order valence-electron chi connectivity index (χ0n) is 36.8. The van der Waals surface area contributed by atoms with Gasteiger partial charge in [0.2, 0.25) is 5.91 Å². The second-order valence-electron chi connectivity index (χ2n) is 17.4. The number of hydrogen-bond acceptors (Lipinski definition) is 9. The number of imide groups is 1. The van der Waals surface area contributed by atoms with Gasteiger partial charge in [-0.3, -0.25) is 48.5 Å². The third-order valence-electron chi connectivity index (χ3n) is 12.5. The van der Waals surface area contributed by atoms with Crippen LogP contribution in [0.5, 0.6) is 0 Å². The van der Waals surface area contributed by atoms with Crippen molar-refractivity contribution in [2.75, 3.05) is 38.0 Å². The van der Waals surface area contributed by atoms with Gasteiger partial charge < -0.3 is 15.5 Å². The van der Waals surface area contributed by atoms with E-state index in [4.69, 9.17) is 9.98 Å². The summed E-state index contributed by atoms with van der Waals surface area (Å²) < 4.78 is 0. The Morgan fingerprint density at radius 2 is 1.59 bits per heavy atom. The fourth-order valence-corrected chi connectivity index (χ4v) is 9.08. The molecular formula is C50H59N7O6. The average Bonchev–Trinajstić information content (AvgIpc) is 3.49. The van der Waals surface area contributed by atoms with Gasteiger partial charge in [0.05, 0.1) is 17.6 Å². The molecule has 4 aliphatic rings. The number of amides is 5. The molecule has 5 amide bonds. The number of pyridine rings is 1. The summed E-state index contributed by atoms with van der Waals surface area (Å²) in [7, 11) is 0. The van der Waals surface area contributed by atoms with Crippen LogP contribution in [0.4, 0.5) is 11.4 Å². The van der Waals surface area contributed by atoms with Crippen LogP contribution in [0.2, 0.25) is 0 Å². The molecule has 13 nitrogen and oxygen atoms in total. The molecule has 0 bridgehead atoms. The van der Waals surface area contributed by atoms with E-state index in [1.165, 1.54) is 17.1 Å². The van der Waals surface area contributed by atoms with Gasteiger partial charge in [0.15, 0.2) is 0 Å². The van der Waals surface area contributed by atoms with Gasteiger partial charge in [-0.2, -0.15) is 0 Å². The first-order valence-corrected chi connectivity index (χ1v) is 22.6. The van der Waals surface area contributed by atoms with E-state index in [-0.39, 0.29) is 47.2 Å². The summed E-state index contributed by atoms with van der Waals surface area (Å²) in [5, 5.41) is 5.98. The Bertz CT molecular complexity index is 2300. The van der Waals surface area contributed by atoms with Gasteiger partial charge in [-0.05, 0) is 105 Å². The van der Waals surface area contributed by atoms with Crippen LogP contribution in [0.15, 0.2) is 77.4 Å². The van der Waals surface area contributed by atoms with E-state index < -0.39 is 0 Å². The number of rotatable bonds is 17. The van der Waals surface area contributed by atoms with Crippen LogP contribution in [0.3, 0.4) is 0 Å². The van der Waals surface area contributed by atoms with Crippen molar-refractivity contribution in [2.45, 2.75) is 98.1 Å². The Morgan fingerprint density at radius 1 is 0.873 bits per heavy atom. The monoisotopic (exact) mass is 853 g/mol. The number of nitrogens with one attached hydrogen (secondary N) is 2. The molecule has 330 valence electrons. The van der Waals surface area contributed by atoms with Crippen LogP contribution in [-0.2, 0) is 38.7 Å². The van der Waals surface area contributed by atoms with Crippen molar-refractivity contribution >= 4 is 58.5 Å². The lowest BCUT2D eigenvalue weighted by molar-refractivity contribution is -0.138. The van der Waals surface area contributed by atoms with Crippen LogP contribution in [0, 0.1) is 11.8 Å². The lowest BCUT2D eigenvalue weighted by atomic mass is 9.79. The molecule has 0 spiro atoms. The molecule has 1 aliphatic carbocycles. The number of carbonyl (C=O) groups excluding carboxylic acids is 6. The number of aromatic nitrogens is 1. The lowest BCUT2D eigenvalue weighted by Crippen LogP contribution is -2.36. The highest BCUT2D eigenvalue weighted by Crippen LogP contribution is 2.32. The summed E-state index contributed by atoms with van der Waals surface area (Å²) in [4.78, 5) is 91.5. The summed E-state index contributed by atoms with van der Waals surface area (Å²) >= 11 is 0. The standard InChI is InChI=1S/C50H59N7O6/c1-4-22-56(23-5-2)50(63)40-25-33(3)53-44-28-39(17-16-38(44)26-40)49(62)54-42-27-41-32-55(24-20-43(41)52-29-42)30-34-10-14-37(15-11-34)48(61)51-21-6-7-45(58)36-12-8-35(9-13-36)31-57-46(59)18-19-47(57)60/h10-11,14-19,26-29,35-36H,4-9,12-13,20-25,30-32H2,1-3H3,(H,51,61)(H,54,62). The number of benzene rings is 2. The third kappa shape index (κ3) is 11.5. The van der Waals surface area contributed by atoms with Crippen LogP contribution in [0.25, 0.3) is 6.08 Å². The number of nitrogens with zero attached hydrogens (tertiary/aromatic N) is 5. The fraction of sp³-hybridized carbons (Fsp3) is 0.440. The minimum Gasteiger partial charge on any atom is -0.352 e. The van der Waals surface area contributed by atoms with Crippen molar-refractivity contribution < 1.29 is 28.8 Å². The van der Waals surface area contributed by atoms with Crippen molar-refractivity contribution in [1.82, 2.24) is 25.0 Å². The molecule has 2 N–H and O–H groups in total. The average molecular weight is 854 g/mol. The number of anilines is 1. The van der Waals surface area contributed by atoms with Crippen molar-refractivity contribution in [3.05, 3.63) is 106 Å². The Labute approximate surface area is 370 Å². The summed E-state index contributed by atoms with van der Waals surface area (Å²) in [6.07, 6.45) is 13.4. The molecule has 3 aromatic rings. The lowest BCUT2D eigenvalue weighted by Gasteiger charge is -2.30. The maximum atomic E-state index is 13.5. The van der Waals surface area contributed by atoms with Crippen molar-refractivity contribution in [3.63, 3.8) is 0 Å².